The monoisotopic (exact) mass is 360 g/mol. The van der Waals surface area contributed by atoms with Crippen molar-refractivity contribution < 1.29 is 14.3 Å². The van der Waals surface area contributed by atoms with Gasteiger partial charge in [0.25, 0.3) is 5.91 Å². The molecule has 1 aliphatic heterocycles. The van der Waals surface area contributed by atoms with Crippen LogP contribution in [0.15, 0.2) is 12.1 Å². The average Bonchev–Trinajstić information content (AvgIpc) is 2.50. The van der Waals surface area contributed by atoms with Crippen LogP contribution < -0.4 is 10.9 Å². The molecule has 0 radical (unpaired) electrons. The molecule has 7 heteroatoms. The molecular formula is C19H28N4O3. The highest BCUT2D eigenvalue weighted by Gasteiger charge is 2.24. The number of nitrogens with zero attached hydrogens (tertiary/aromatic N) is 2. The Kier molecular flexibility index (Phi) is 5.58. The van der Waals surface area contributed by atoms with Gasteiger partial charge in [0.05, 0.1) is 6.54 Å². The molecule has 26 heavy (non-hydrogen) atoms. The number of ether oxygens (including phenoxy) is 1. The summed E-state index contributed by atoms with van der Waals surface area (Å²) in [5.74, 6) is -0.414. The van der Waals surface area contributed by atoms with Gasteiger partial charge in [-0.25, -0.2) is 10.4 Å². The van der Waals surface area contributed by atoms with E-state index >= 15 is 0 Å². The number of hydrazine groups is 1. The minimum atomic E-state index is -0.470. The quantitative estimate of drug-likeness (QED) is 0.613. The summed E-state index contributed by atoms with van der Waals surface area (Å²) in [5, 5.41) is 0. The zero-order valence-corrected chi connectivity index (χ0v) is 15.8. The van der Waals surface area contributed by atoms with Crippen LogP contribution in [0.25, 0.3) is 0 Å². The second-order valence-corrected chi connectivity index (χ2v) is 8.08. The van der Waals surface area contributed by atoms with Crippen LogP contribution in [0.2, 0.25) is 0 Å². The third-order valence-corrected chi connectivity index (χ3v) is 4.63. The van der Waals surface area contributed by atoms with Gasteiger partial charge in [-0.05, 0) is 45.2 Å². The van der Waals surface area contributed by atoms with Crippen LogP contribution in [0, 0.1) is 0 Å². The van der Waals surface area contributed by atoms with E-state index in [9.17, 15) is 9.59 Å². The highest BCUT2D eigenvalue weighted by Crippen LogP contribution is 2.19. The summed E-state index contributed by atoms with van der Waals surface area (Å²) in [6.45, 7) is 7.24. The van der Waals surface area contributed by atoms with Crippen molar-refractivity contribution in [2.24, 2.45) is 0 Å². The molecule has 2 heterocycles. The number of aromatic nitrogens is 1. The molecule has 0 unspecified atom stereocenters. The number of hydrogen-bond donors (Lipinski definition) is 2. The van der Waals surface area contributed by atoms with E-state index in [2.05, 4.69) is 20.7 Å². The first-order valence-corrected chi connectivity index (χ1v) is 9.29. The predicted octanol–water partition coefficient (Wildman–Crippen LogP) is 1.57. The maximum absolute atomic E-state index is 12.2. The van der Waals surface area contributed by atoms with E-state index in [1.807, 2.05) is 26.8 Å². The first-order chi connectivity index (χ1) is 12.3. The van der Waals surface area contributed by atoms with Crippen LogP contribution in [0.4, 0.5) is 0 Å². The van der Waals surface area contributed by atoms with Crippen LogP contribution in [-0.4, -0.2) is 46.5 Å². The molecule has 2 aliphatic rings. The number of carbonyl (C=O) groups excluding carboxylic acids is 2. The summed E-state index contributed by atoms with van der Waals surface area (Å²) >= 11 is 0. The molecule has 1 amide bonds. The van der Waals surface area contributed by atoms with E-state index in [0.717, 1.165) is 37.1 Å². The number of esters is 1. The molecule has 0 atom stereocenters. The summed E-state index contributed by atoms with van der Waals surface area (Å²) in [6, 6.07) is 4.06. The molecular weight excluding hydrogens is 332 g/mol. The van der Waals surface area contributed by atoms with Crippen LogP contribution >= 0.6 is 0 Å². The van der Waals surface area contributed by atoms with Gasteiger partial charge in [-0.15, -0.1) is 0 Å². The van der Waals surface area contributed by atoms with Crippen molar-refractivity contribution in [2.75, 3.05) is 13.1 Å². The van der Waals surface area contributed by atoms with E-state index in [1.165, 1.54) is 6.42 Å². The van der Waals surface area contributed by atoms with Crippen molar-refractivity contribution in [2.45, 2.75) is 64.6 Å². The fourth-order valence-corrected chi connectivity index (χ4v) is 3.08. The van der Waals surface area contributed by atoms with Crippen molar-refractivity contribution >= 4 is 11.9 Å². The largest absolute Gasteiger partial charge is 0.459 e. The first kappa shape index (κ1) is 18.8. The highest BCUT2D eigenvalue weighted by molar-refractivity contribution is 5.92. The summed E-state index contributed by atoms with van der Waals surface area (Å²) in [7, 11) is 0. The lowest BCUT2D eigenvalue weighted by Gasteiger charge is -2.29. The molecule has 0 saturated heterocycles. The maximum atomic E-state index is 12.2. The molecule has 3 rings (SSSR count). The van der Waals surface area contributed by atoms with Crippen molar-refractivity contribution in [3.05, 3.63) is 29.1 Å². The predicted molar refractivity (Wildman–Crippen MR) is 97.3 cm³/mol. The molecule has 0 spiro atoms. The fraction of sp³-hybridized carbons (Fsp3) is 0.632. The average molecular weight is 360 g/mol. The molecule has 2 N–H and O–H groups in total. The van der Waals surface area contributed by atoms with Crippen LogP contribution in [-0.2, 0) is 22.5 Å². The molecule has 1 aromatic heterocycles. The van der Waals surface area contributed by atoms with Crippen molar-refractivity contribution in [1.29, 1.82) is 0 Å². The van der Waals surface area contributed by atoms with Gasteiger partial charge in [-0.3, -0.25) is 19.9 Å². The Morgan fingerprint density at radius 1 is 1.31 bits per heavy atom. The summed E-state index contributed by atoms with van der Waals surface area (Å²) in [6.07, 6.45) is 4.14. The lowest BCUT2D eigenvalue weighted by molar-refractivity contribution is -0.156. The molecule has 142 valence electrons. The second-order valence-electron chi connectivity index (χ2n) is 8.08. The molecule has 0 aromatic carbocycles. The Morgan fingerprint density at radius 3 is 2.73 bits per heavy atom. The summed E-state index contributed by atoms with van der Waals surface area (Å²) in [5.41, 5.74) is 7.73. The number of rotatable bonds is 5. The minimum absolute atomic E-state index is 0.198. The number of pyridine rings is 1. The number of amides is 1. The SMILES string of the molecule is CC(C)(C)OC(=O)CN1CCc2nc(C(=O)NNC3CCC3)ccc2C1. The Bertz CT molecular complexity index is 680. The Balaban J connectivity index is 1.55. The van der Waals surface area contributed by atoms with Crippen LogP contribution in [0.5, 0.6) is 0 Å². The fourth-order valence-electron chi connectivity index (χ4n) is 3.08. The molecule has 0 bridgehead atoms. The minimum Gasteiger partial charge on any atom is -0.459 e. The van der Waals surface area contributed by atoms with Gasteiger partial charge >= 0.3 is 5.97 Å². The molecule has 1 aromatic rings. The molecule has 7 nitrogen and oxygen atoms in total. The van der Waals surface area contributed by atoms with Gasteiger partial charge in [0.15, 0.2) is 0 Å². The first-order valence-electron chi connectivity index (χ1n) is 9.29. The lowest BCUT2D eigenvalue weighted by Crippen LogP contribution is -2.47. The molecule has 1 aliphatic carbocycles. The summed E-state index contributed by atoms with van der Waals surface area (Å²) in [4.78, 5) is 30.8. The third kappa shape index (κ3) is 5.02. The Hall–Kier alpha value is -1.99. The number of fused-ring (bicyclic) bond motifs is 1. The Labute approximate surface area is 154 Å². The van der Waals surface area contributed by atoms with Gasteiger partial charge < -0.3 is 4.74 Å². The van der Waals surface area contributed by atoms with Gasteiger partial charge in [-0.1, -0.05) is 12.5 Å². The van der Waals surface area contributed by atoms with Gasteiger partial charge in [0.1, 0.15) is 11.3 Å². The van der Waals surface area contributed by atoms with E-state index < -0.39 is 5.60 Å². The number of hydrogen-bond acceptors (Lipinski definition) is 6. The zero-order valence-electron chi connectivity index (χ0n) is 15.8. The van der Waals surface area contributed by atoms with Crippen LogP contribution in [0.3, 0.4) is 0 Å². The van der Waals surface area contributed by atoms with Gasteiger partial charge in [0, 0.05) is 31.2 Å². The van der Waals surface area contributed by atoms with E-state index in [1.54, 1.807) is 6.07 Å². The van der Waals surface area contributed by atoms with E-state index in [-0.39, 0.29) is 18.4 Å². The van der Waals surface area contributed by atoms with Gasteiger partial charge in [0.2, 0.25) is 0 Å². The lowest BCUT2D eigenvalue weighted by atomic mass is 9.94. The topological polar surface area (TPSA) is 83.6 Å². The van der Waals surface area contributed by atoms with Crippen molar-refractivity contribution in [1.82, 2.24) is 20.7 Å². The number of nitrogens with one attached hydrogen (secondary N) is 2. The third-order valence-electron chi connectivity index (χ3n) is 4.63. The van der Waals surface area contributed by atoms with E-state index in [4.69, 9.17) is 4.74 Å². The van der Waals surface area contributed by atoms with E-state index in [0.29, 0.717) is 18.3 Å². The molecule has 1 fully saturated rings. The standard InChI is InChI=1S/C19H28N4O3/c1-19(2,3)26-17(24)12-23-10-9-15-13(11-23)7-8-16(20-15)18(25)22-21-14-5-4-6-14/h7-8,14,21H,4-6,9-12H2,1-3H3,(H,22,25). The number of carbonyl (C=O) groups is 2. The van der Waals surface area contributed by atoms with Crippen molar-refractivity contribution in [3.8, 4) is 0 Å². The Morgan fingerprint density at radius 2 is 2.08 bits per heavy atom. The maximum Gasteiger partial charge on any atom is 0.320 e. The van der Waals surface area contributed by atoms with Crippen molar-refractivity contribution in [3.63, 3.8) is 0 Å². The zero-order chi connectivity index (χ0) is 18.7. The summed E-state index contributed by atoms with van der Waals surface area (Å²) < 4.78 is 5.38. The second kappa shape index (κ2) is 7.72. The van der Waals surface area contributed by atoms with Crippen LogP contribution in [0.1, 0.15) is 61.8 Å². The smallest absolute Gasteiger partial charge is 0.320 e. The van der Waals surface area contributed by atoms with Gasteiger partial charge in [-0.2, -0.15) is 0 Å². The normalized spacial score (nSPS) is 18.0. The highest BCUT2D eigenvalue weighted by atomic mass is 16.6. The molecule has 1 saturated carbocycles.